The average molecular weight is 396 g/mol. The second-order valence-corrected chi connectivity index (χ2v) is 7.68. The Morgan fingerprint density at radius 3 is 2.90 bits per heavy atom. The zero-order valence-corrected chi connectivity index (χ0v) is 15.3. The van der Waals surface area contributed by atoms with E-state index < -0.39 is 23.7 Å². The zero-order chi connectivity index (χ0) is 19.9. The van der Waals surface area contributed by atoms with E-state index in [2.05, 4.69) is 25.3 Å². The van der Waals surface area contributed by atoms with Gasteiger partial charge >= 0.3 is 0 Å². The number of alkyl halides is 2. The number of aryl methyl sites for hydroxylation is 1. The lowest BCUT2D eigenvalue weighted by molar-refractivity contribution is 0.0850. The van der Waals surface area contributed by atoms with Crippen LogP contribution in [0.1, 0.15) is 23.9 Å². The van der Waals surface area contributed by atoms with E-state index in [1.807, 2.05) is 13.0 Å². The van der Waals surface area contributed by atoms with Gasteiger partial charge in [0.15, 0.2) is 5.65 Å². The summed E-state index contributed by atoms with van der Waals surface area (Å²) >= 11 is 0. The van der Waals surface area contributed by atoms with Crippen LogP contribution in [0.5, 0.6) is 0 Å². The van der Waals surface area contributed by atoms with Crippen molar-refractivity contribution in [1.82, 2.24) is 29.9 Å². The number of nitrogens with zero attached hydrogens (tertiary/aromatic N) is 5. The van der Waals surface area contributed by atoms with Crippen LogP contribution in [0.4, 0.5) is 13.2 Å². The van der Waals surface area contributed by atoms with Gasteiger partial charge in [-0.1, -0.05) is 0 Å². The fourth-order valence-corrected chi connectivity index (χ4v) is 4.53. The van der Waals surface area contributed by atoms with Crippen LogP contribution in [0.15, 0.2) is 30.6 Å². The van der Waals surface area contributed by atoms with Crippen molar-refractivity contribution >= 4 is 11.0 Å². The molecular formula is C20H15F3N6. The second kappa shape index (κ2) is 5.43. The number of nitrogens with one attached hydrogen (secondary N) is 1. The Morgan fingerprint density at radius 2 is 2.10 bits per heavy atom. The van der Waals surface area contributed by atoms with Crippen molar-refractivity contribution in [2.75, 3.05) is 0 Å². The molecule has 146 valence electrons. The Morgan fingerprint density at radius 1 is 1.24 bits per heavy atom. The zero-order valence-electron chi connectivity index (χ0n) is 15.3. The van der Waals surface area contributed by atoms with E-state index in [0.717, 1.165) is 34.1 Å². The van der Waals surface area contributed by atoms with Gasteiger partial charge in [-0.2, -0.15) is 10.2 Å². The van der Waals surface area contributed by atoms with Gasteiger partial charge in [0.25, 0.3) is 5.92 Å². The molecule has 4 aromatic heterocycles. The summed E-state index contributed by atoms with van der Waals surface area (Å²) in [5, 5.41) is 12.3. The van der Waals surface area contributed by atoms with E-state index in [4.69, 9.17) is 0 Å². The standard InChI is InChI=1S/C20H15F3N6/c1-9-6-11(12-8-25-27-19(12)26-9)16-15-5-3-13-18(20(13,22)23)29(15)28-17(16)14-4-2-10(21)7-24-14/h2,4,6-8,13,18H,3,5H2,1H3,(H,25,26,27). The van der Waals surface area contributed by atoms with Gasteiger partial charge in [-0.3, -0.25) is 14.8 Å². The van der Waals surface area contributed by atoms with Crippen LogP contribution in [0.25, 0.3) is 33.5 Å². The van der Waals surface area contributed by atoms with E-state index in [1.165, 1.54) is 16.8 Å². The summed E-state index contributed by atoms with van der Waals surface area (Å²) in [6, 6.07) is 3.79. The van der Waals surface area contributed by atoms with Gasteiger partial charge in [0, 0.05) is 27.9 Å². The predicted molar refractivity (Wildman–Crippen MR) is 98.8 cm³/mol. The molecule has 29 heavy (non-hydrogen) atoms. The molecule has 0 saturated heterocycles. The maximum atomic E-state index is 14.3. The number of hydrogen-bond acceptors (Lipinski definition) is 4. The smallest absolute Gasteiger partial charge is 0.261 e. The molecule has 2 unspecified atom stereocenters. The molecule has 0 amide bonds. The molecule has 0 bridgehead atoms. The van der Waals surface area contributed by atoms with Crippen LogP contribution in [-0.2, 0) is 6.42 Å². The first-order chi connectivity index (χ1) is 13.9. The number of halogens is 3. The highest BCUT2D eigenvalue weighted by atomic mass is 19.3. The van der Waals surface area contributed by atoms with Crippen molar-refractivity contribution in [3.63, 3.8) is 0 Å². The summed E-state index contributed by atoms with van der Waals surface area (Å²) in [6.45, 7) is 1.86. The van der Waals surface area contributed by atoms with Crippen molar-refractivity contribution in [3.8, 4) is 22.5 Å². The SMILES string of the molecule is Cc1cc(-c2c(-c3ccc(F)cn3)nn3c2CCC2C3C2(F)F)c2cn[nH]c2n1. The Hall–Kier alpha value is -3.23. The lowest BCUT2D eigenvalue weighted by Gasteiger charge is -2.13. The maximum absolute atomic E-state index is 14.3. The summed E-state index contributed by atoms with van der Waals surface area (Å²) in [5.74, 6) is -3.89. The summed E-state index contributed by atoms with van der Waals surface area (Å²) in [5.41, 5.74) is 4.58. The van der Waals surface area contributed by atoms with Crippen LogP contribution in [0.2, 0.25) is 0 Å². The largest absolute Gasteiger partial charge is 0.275 e. The molecule has 1 N–H and O–H groups in total. The Kier molecular flexibility index (Phi) is 3.13. The van der Waals surface area contributed by atoms with E-state index in [1.54, 1.807) is 6.20 Å². The Labute approximate surface area is 162 Å². The van der Waals surface area contributed by atoms with Crippen LogP contribution in [-0.4, -0.2) is 35.9 Å². The van der Waals surface area contributed by atoms with E-state index in [9.17, 15) is 13.2 Å². The highest BCUT2D eigenvalue weighted by Crippen LogP contribution is 2.63. The van der Waals surface area contributed by atoms with Gasteiger partial charge in [-0.05, 0) is 38.0 Å². The molecule has 0 radical (unpaired) electrons. The molecule has 0 spiro atoms. The first-order valence-corrected chi connectivity index (χ1v) is 9.37. The number of aromatic nitrogens is 6. The molecule has 0 aromatic carbocycles. The molecule has 4 aromatic rings. The molecule has 1 aliphatic heterocycles. The van der Waals surface area contributed by atoms with Crippen LogP contribution >= 0.6 is 0 Å². The van der Waals surface area contributed by atoms with Crippen molar-refractivity contribution in [2.24, 2.45) is 5.92 Å². The quantitative estimate of drug-likeness (QED) is 0.554. The topological polar surface area (TPSA) is 72.3 Å². The van der Waals surface area contributed by atoms with Gasteiger partial charge in [-0.15, -0.1) is 0 Å². The van der Waals surface area contributed by atoms with Crippen molar-refractivity contribution < 1.29 is 13.2 Å². The molecule has 5 heterocycles. The maximum Gasteiger partial charge on any atom is 0.275 e. The average Bonchev–Trinajstić information content (AvgIpc) is 3.07. The lowest BCUT2D eigenvalue weighted by atomic mass is 9.95. The third kappa shape index (κ3) is 2.24. The first-order valence-electron chi connectivity index (χ1n) is 9.37. The normalized spacial score (nSPS) is 21.8. The Balaban J connectivity index is 1.66. The molecular weight excluding hydrogens is 381 g/mol. The van der Waals surface area contributed by atoms with E-state index in [0.29, 0.717) is 29.9 Å². The van der Waals surface area contributed by atoms with Crippen molar-refractivity contribution in [2.45, 2.75) is 31.7 Å². The number of hydrogen-bond donors (Lipinski definition) is 1. The molecule has 9 heteroatoms. The fourth-order valence-electron chi connectivity index (χ4n) is 4.53. The van der Waals surface area contributed by atoms with Gasteiger partial charge in [0.05, 0.1) is 24.0 Å². The minimum atomic E-state index is -2.75. The monoisotopic (exact) mass is 396 g/mol. The highest BCUT2D eigenvalue weighted by Gasteiger charge is 2.71. The second-order valence-electron chi connectivity index (χ2n) is 7.68. The molecule has 2 atom stereocenters. The number of H-pyrrole nitrogens is 1. The lowest BCUT2D eigenvalue weighted by Crippen LogP contribution is -2.11. The van der Waals surface area contributed by atoms with Gasteiger partial charge in [0.1, 0.15) is 17.6 Å². The summed E-state index contributed by atoms with van der Waals surface area (Å²) in [6.07, 6.45) is 3.67. The number of aromatic amines is 1. The third-order valence-electron chi connectivity index (χ3n) is 5.92. The van der Waals surface area contributed by atoms with Gasteiger partial charge < -0.3 is 0 Å². The van der Waals surface area contributed by atoms with Crippen LogP contribution in [0, 0.1) is 18.7 Å². The number of fused-ring (bicyclic) bond motifs is 4. The van der Waals surface area contributed by atoms with E-state index >= 15 is 0 Å². The highest BCUT2D eigenvalue weighted by molar-refractivity contribution is 5.97. The minimum Gasteiger partial charge on any atom is -0.261 e. The molecule has 2 aliphatic rings. The van der Waals surface area contributed by atoms with Crippen LogP contribution < -0.4 is 0 Å². The molecule has 6 rings (SSSR count). The minimum absolute atomic E-state index is 0.408. The molecule has 1 saturated carbocycles. The number of rotatable bonds is 2. The molecule has 1 fully saturated rings. The van der Waals surface area contributed by atoms with Crippen LogP contribution in [0.3, 0.4) is 0 Å². The van der Waals surface area contributed by atoms with Gasteiger partial charge in [0.2, 0.25) is 0 Å². The molecule has 6 nitrogen and oxygen atoms in total. The summed E-state index contributed by atoms with van der Waals surface area (Å²) < 4.78 is 43.5. The van der Waals surface area contributed by atoms with Gasteiger partial charge in [-0.25, -0.2) is 18.2 Å². The first kappa shape index (κ1) is 16.7. The predicted octanol–water partition coefficient (Wildman–Crippen LogP) is 4.08. The van der Waals surface area contributed by atoms with Crippen molar-refractivity contribution in [3.05, 3.63) is 47.8 Å². The fraction of sp³-hybridized carbons (Fsp3) is 0.300. The summed E-state index contributed by atoms with van der Waals surface area (Å²) in [7, 11) is 0. The Bertz CT molecular complexity index is 1270. The van der Waals surface area contributed by atoms with E-state index in [-0.39, 0.29) is 0 Å². The number of pyridine rings is 2. The summed E-state index contributed by atoms with van der Waals surface area (Å²) in [4.78, 5) is 8.61. The van der Waals surface area contributed by atoms with Crippen molar-refractivity contribution in [1.29, 1.82) is 0 Å². The third-order valence-corrected chi connectivity index (χ3v) is 5.92. The molecule has 1 aliphatic carbocycles.